The first-order chi connectivity index (χ1) is 9.58. The molecule has 0 amide bonds. The summed E-state index contributed by atoms with van der Waals surface area (Å²) >= 11 is 0. The van der Waals surface area contributed by atoms with E-state index in [-0.39, 0.29) is 11.5 Å². The molecule has 0 saturated heterocycles. The van der Waals surface area contributed by atoms with E-state index in [9.17, 15) is 9.59 Å². The molecule has 1 aromatic rings. The van der Waals surface area contributed by atoms with Crippen LogP contribution in [0.25, 0.3) is 12.2 Å². The molecule has 1 heterocycles. The van der Waals surface area contributed by atoms with E-state index in [1.54, 1.807) is 6.26 Å². The van der Waals surface area contributed by atoms with Gasteiger partial charge in [-0.3, -0.25) is 4.79 Å². The van der Waals surface area contributed by atoms with Gasteiger partial charge in [-0.25, -0.2) is 4.79 Å². The summed E-state index contributed by atoms with van der Waals surface area (Å²) in [5.74, 6) is -1.16. The van der Waals surface area contributed by atoms with Crippen LogP contribution < -0.4 is 16.0 Å². The highest BCUT2D eigenvalue weighted by molar-refractivity contribution is 5.87. The highest BCUT2D eigenvalue weighted by atomic mass is 16.5. The Kier molecular flexibility index (Phi) is 4.08. The van der Waals surface area contributed by atoms with Crippen LogP contribution in [0.15, 0.2) is 22.8 Å². The molecule has 0 saturated carbocycles. The van der Waals surface area contributed by atoms with Crippen molar-refractivity contribution >= 4 is 18.1 Å². The van der Waals surface area contributed by atoms with E-state index in [2.05, 4.69) is 4.98 Å². The summed E-state index contributed by atoms with van der Waals surface area (Å²) in [7, 11) is 0. The van der Waals surface area contributed by atoms with E-state index < -0.39 is 11.4 Å². The maximum Gasteiger partial charge on any atom is 0.341 e. The lowest BCUT2D eigenvalue weighted by Gasteiger charge is -2.15. The number of hydrogen-bond acceptors (Lipinski definition) is 3. The molecule has 1 atom stereocenters. The number of rotatable bonds is 4. The number of fused-ring (bicyclic) bond motifs is 1. The van der Waals surface area contributed by atoms with Crippen molar-refractivity contribution in [2.45, 2.75) is 20.3 Å². The monoisotopic (exact) mass is 275 g/mol. The molecule has 5 heteroatoms. The van der Waals surface area contributed by atoms with Crippen LogP contribution in [-0.2, 0) is 4.74 Å². The molecule has 20 heavy (non-hydrogen) atoms. The molecule has 0 aliphatic heterocycles. The maximum atomic E-state index is 12.1. The number of nitrogens with one attached hydrogen (secondary N) is 1. The minimum atomic E-state index is -1.22. The lowest BCUT2D eigenvalue weighted by Crippen LogP contribution is -2.46. The fourth-order valence-electron chi connectivity index (χ4n) is 2.23. The van der Waals surface area contributed by atoms with Gasteiger partial charge in [0, 0.05) is 22.7 Å². The molecular formula is C15H17NO4. The molecule has 0 spiro atoms. The quantitative estimate of drug-likeness (QED) is 0.788. The summed E-state index contributed by atoms with van der Waals surface area (Å²) in [6.45, 7) is 4.49. The second-order valence-corrected chi connectivity index (χ2v) is 4.56. The first-order valence-corrected chi connectivity index (χ1v) is 6.58. The number of H-pyrrole nitrogens is 1. The smallest absolute Gasteiger partial charge is 0.341 e. The molecule has 0 aromatic carbocycles. The third kappa shape index (κ3) is 2.52. The van der Waals surface area contributed by atoms with Crippen molar-refractivity contribution in [3.63, 3.8) is 0 Å². The molecule has 1 aromatic heterocycles. The predicted molar refractivity (Wildman–Crippen MR) is 75.7 cm³/mol. The number of carboxylic acids is 1. The highest BCUT2D eigenvalue weighted by Crippen LogP contribution is 2.19. The van der Waals surface area contributed by atoms with E-state index in [4.69, 9.17) is 9.84 Å². The summed E-state index contributed by atoms with van der Waals surface area (Å²) in [6, 6.07) is 0. The fourth-order valence-corrected chi connectivity index (χ4v) is 2.23. The van der Waals surface area contributed by atoms with Crippen molar-refractivity contribution in [3.8, 4) is 0 Å². The van der Waals surface area contributed by atoms with Gasteiger partial charge >= 0.3 is 5.97 Å². The van der Waals surface area contributed by atoms with Crippen LogP contribution in [0.4, 0.5) is 0 Å². The lowest BCUT2D eigenvalue weighted by atomic mass is 9.92. The van der Waals surface area contributed by atoms with Crippen LogP contribution >= 0.6 is 0 Å². The zero-order valence-electron chi connectivity index (χ0n) is 11.5. The van der Waals surface area contributed by atoms with Gasteiger partial charge < -0.3 is 14.8 Å². The van der Waals surface area contributed by atoms with Gasteiger partial charge in [-0.2, -0.15) is 0 Å². The van der Waals surface area contributed by atoms with Gasteiger partial charge in [-0.15, -0.1) is 0 Å². The highest BCUT2D eigenvalue weighted by Gasteiger charge is 2.16. The van der Waals surface area contributed by atoms with E-state index in [0.717, 1.165) is 12.0 Å². The number of pyridine rings is 1. The molecule has 0 radical (unpaired) electrons. The van der Waals surface area contributed by atoms with Crippen molar-refractivity contribution in [2.24, 2.45) is 5.92 Å². The van der Waals surface area contributed by atoms with Crippen LogP contribution in [0, 0.1) is 5.92 Å². The zero-order chi connectivity index (χ0) is 14.7. The normalized spacial score (nSPS) is 18.9. The van der Waals surface area contributed by atoms with Crippen LogP contribution in [0.5, 0.6) is 0 Å². The van der Waals surface area contributed by atoms with Gasteiger partial charge in [0.1, 0.15) is 5.56 Å². The van der Waals surface area contributed by atoms with Gasteiger partial charge in [0.05, 0.1) is 12.9 Å². The number of hydrogen-bond donors (Lipinski definition) is 2. The van der Waals surface area contributed by atoms with Gasteiger partial charge in [-0.05, 0) is 25.0 Å². The van der Waals surface area contributed by atoms with Crippen molar-refractivity contribution < 1.29 is 14.6 Å². The van der Waals surface area contributed by atoms with Crippen molar-refractivity contribution in [3.05, 3.63) is 44.4 Å². The van der Waals surface area contributed by atoms with Crippen molar-refractivity contribution in [1.82, 2.24) is 4.98 Å². The minimum absolute atomic E-state index is 0.0548. The van der Waals surface area contributed by atoms with Crippen molar-refractivity contribution in [2.75, 3.05) is 6.61 Å². The first-order valence-electron chi connectivity index (χ1n) is 6.58. The number of aromatic nitrogens is 1. The average Bonchev–Trinajstić information content (AvgIpc) is 2.44. The minimum Gasteiger partial charge on any atom is -0.501 e. The molecule has 5 nitrogen and oxygen atoms in total. The van der Waals surface area contributed by atoms with Gasteiger partial charge in [0.25, 0.3) is 0 Å². The Morgan fingerprint density at radius 2 is 2.25 bits per heavy atom. The molecule has 106 valence electrons. The second kappa shape index (κ2) is 5.77. The number of ether oxygens (including phenoxy) is 1. The fraction of sp³-hybridized carbons (Fsp3) is 0.333. The number of carboxylic acid groups (broad SMARTS) is 1. The number of allylic oxidation sites excluding steroid dienone is 1. The summed E-state index contributed by atoms with van der Waals surface area (Å²) in [5, 5.41) is 10.0. The Hall–Kier alpha value is -2.30. The van der Waals surface area contributed by atoms with Crippen LogP contribution in [0.2, 0.25) is 0 Å². The van der Waals surface area contributed by atoms with E-state index >= 15 is 0 Å². The number of aromatic carboxylic acids is 1. The molecule has 1 aliphatic rings. The first kappa shape index (κ1) is 14.1. The summed E-state index contributed by atoms with van der Waals surface area (Å²) in [5.41, 5.74) is 0.289. The number of carbonyl (C=O) groups is 1. The van der Waals surface area contributed by atoms with Crippen LogP contribution in [0.3, 0.4) is 0 Å². The third-order valence-electron chi connectivity index (χ3n) is 3.31. The zero-order valence-corrected chi connectivity index (χ0v) is 11.5. The second-order valence-electron chi connectivity index (χ2n) is 4.56. The lowest BCUT2D eigenvalue weighted by molar-refractivity contribution is 0.0695. The Bertz CT molecular complexity index is 727. The summed E-state index contributed by atoms with van der Waals surface area (Å²) < 4.78 is 5.31. The molecule has 1 aliphatic carbocycles. The SMILES string of the molecule is CCOC=C1C=c2[nH]cc(C(=O)O)c(=O)c2=CC1CC. The van der Waals surface area contributed by atoms with Gasteiger partial charge in [0.15, 0.2) is 0 Å². The maximum absolute atomic E-state index is 12.1. The van der Waals surface area contributed by atoms with Gasteiger partial charge in [-0.1, -0.05) is 13.0 Å². The molecule has 0 fully saturated rings. The largest absolute Gasteiger partial charge is 0.501 e. The summed E-state index contributed by atoms with van der Waals surface area (Å²) in [4.78, 5) is 26.0. The Balaban J connectivity index is 2.67. The molecular weight excluding hydrogens is 258 g/mol. The van der Waals surface area contributed by atoms with E-state index in [0.29, 0.717) is 17.2 Å². The molecule has 1 unspecified atom stereocenters. The Labute approximate surface area is 115 Å². The standard InChI is InChI=1S/C15H17NO4/c1-3-9-5-11-13(6-10(9)8-20-4-2)16-7-12(14(11)17)15(18)19/h5-9,16H,3-4H2,1-2H3,(H,18,19). The Morgan fingerprint density at radius 3 is 2.85 bits per heavy atom. The molecule has 2 N–H and O–H groups in total. The third-order valence-corrected chi connectivity index (χ3v) is 3.31. The Morgan fingerprint density at radius 1 is 1.50 bits per heavy atom. The topological polar surface area (TPSA) is 79.4 Å². The average molecular weight is 275 g/mol. The summed E-state index contributed by atoms with van der Waals surface area (Å²) in [6.07, 6.45) is 7.39. The number of aromatic amines is 1. The van der Waals surface area contributed by atoms with Gasteiger partial charge in [0.2, 0.25) is 5.43 Å². The molecule has 0 bridgehead atoms. The van der Waals surface area contributed by atoms with Crippen LogP contribution in [0.1, 0.15) is 30.6 Å². The van der Waals surface area contributed by atoms with E-state index in [1.807, 2.05) is 26.0 Å². The predicted octanol–water partition coefficient (Wildman–Crippen LogP) is 0.594. The van der Waals surface area contributed by atoms with E-state index in [1.165, 1.54) is 6.20 Å². The van der Waals surface area contributed by atoms with Crippen molar-refractivity contribution in [1.29, 1.82) is 0 Å². The van der Waals surface area contributed by atoms with Crippen LogP contribution in [-0.4, -0.2) is 22.7 Å². The molecule has 2 rings (SSSR count).